The SMILES string of the molecule is O=C(CCNC(=O)NC1CCCCC1)NCc1ccc(S(=O)(=O)N2CCCCC2)s1. The van der Waals surface area contributed by atoms with Gasteiger partial charge in [0.1, 0.15) is 4.21 Å². The van der Waals surface area contributed by atoms with Crippen LogP contribution in [0.4, 0.5) is 4.79 Å². The molecule has 2 fully saturated rings. The molecule has 30 heavy (non-hydrogen) atoms. The van der Waals surface area contributed by atoms with Gasteiger partial charge in [-0.3, -0.25) is 4.79 Å². The van der Waals surface area contributed by atoms with Gasteiger partial charge < -0.3 is 16.0 Å². The molecular formula is C20H32N4O4S2. The van der Waals surface area contributed by atoms with Crippen LogP contribution in [0.25, 0.3) is 0 Å². The van der Waals surface area contributed by atoms with Gasteiger partial charge >= 0.3 is 6.03 Å². The topological polar surface area (TPSA) is 108 Å². The fourth-order valence-electron chi connectivity index (χ4n) is 3.87. The first-order chi connectivity index (χ1) is 14.4. The van der Waals surface area contributed by atoms with Crippen molar-refractivity contribution in [3.8, 4) is 0 Å². The maximum absolute atomic E-state index is 12.7. The lowest BCUT2D eigenvalue weighted by atomic mass is 9.96. The molecule has 0 aromatic carbocycles. The summed E-state index contributed by atoms with van der Waals surface area (Å²) in [5, 5.41) is 8.47. The summed E-state index contributed by atoms with van der Waals surface area (Å²) in [5.41, 5.74) is 0. The zero-order chi connectivity index (χ0) is 21.4. The number of hydrogen-bond acceptors (Lipinski definition) is 5. The Kier molecular flexibility index (Phi) is 8.52. The van der Waals surface area contributed by atoms with Crippen LogP contribution in [-0.2, 0) is 21.4 Å². The summed E-state index contributed by atoms with van der Waals surface area (Å²) in [6.45, 7) is 1.71. The summed E-state index contributed by atoms with van der Waals surface area (Å²) >= 11 is 1.20. The predicted octanol–water partition coefficient (Wildman–Crippen LogP) is 2.56. The maximum Gasteiger partial charge on any atom is 0.315 e. The second-order valence-electron chi connectivity index (χ2n) is 7.95. The first-order valence-electron chi connectivity index (χ1n) is 10.8. The average molecular weight is 457 g/mol. The van der Waals surface area contributed by atoms with Crippen LogP contribution in [0.5, 0.6) is 0 Å². The summed E-state index contributed by atoms with van der Waals surface area (Å²) in [7, 11) is -3.43. The number of amides is 3. The van der Waals surface area contributed by atoms with Gasteiger partial charge in [0.05, 0.1) is 6.54 Å². The van der Waals surface area contributed by atoms with Gasteiger partial charge in [0.25, 0.3) is 10.0 Å². The molecule has 1 aromatic rings. The van der Waals surface area contributed by atoms with Crippen LogP contribution < -0.4 is 16.0 Å². The average Bonchev–Trinajstić information content (AvgIpc) is 3.24. The number of urea groups is 1. The third kappa shape index (κ3) is 6.68. The molecule has 8 nitrogen and oxygen atoms in total. The van der Waals surface area contributed by atoms with Gasteiger partial charge in [-0.2, -0.15) is 4.31 Å². The number of thiophene rings is 1. The molecule has 10 heteroatoms. The zero-order valence-electron chi connectivity index (χ0n) is 17.3. The van der Waals surface area contributed by atoms with Crippen LogP contribution in [0.1, 0.15) is 62.7 Å². The molecule has 1 saturated heterocycles. The molecule has 1 aliphatic heterocycles. The third-order valence-electron chi connectivity index (χ3n) is 5.58. The minimum absolute atomic E-state index is 0.179. The highest BCUT2D eigenvalue weighted by Gasteiger charge is 2.27. The predicted molar refractivity (Wildman–Crippen MR) is 117 cm³/mol. The van der Waals surface area contributed by atoms with Crippen LogP contribution in [0.3, 0.4) is 0 Å². The molecule has 1 saturated carbocycles. The van der Waals surface area contributed by atoms with Gasteiger partial charge in [-0.1, -0.05) is 25.7 Å². The Hall–Kier alpha value is -1.65. The monoisotopic (exact) mass is 456 g/mol. The van der Waals surface area contributed by atoms with Gasteiger partial charge in [-0.05, 0) is 37.8 Å². The zero-order valence-corrected chi connectivity index (χ0v) is 19.0. The van der Waals surface area contributed by atoms with E-state index in [1.165, 1.54) is 17.8 Å². The molecule has 0 radical (unpaired) electrons. The van der Waals surface area contributed by atoms with Crippen molar-refractivity contribution in [1.29, 1.82) is 0 Å². The standard InChI is InChI=1S/C20H32N4O4S2/c25-18(11-12-21-20(26)23-16-7-3-1-4-8-16)22-15-17-9-10-19(29-17)30(27,28)24-13-5-2-6-14-24/h9-10,16H,1-8,11-15H2,(H,22,25)(H2,21,23,26). The van der Waals surface area contributed by atoms with Gasteiger partial charge in [0.15, 0.2) is 0 Å². The number of carbonyl (C=O) groups excluding carboxylic acids is 2. The molecule has 3 rings (SSSR count). The lowest BCUT2D eigenvalue weighted by molar-refractivity contribution is -0.121. The highest BCUT2D eigenvalue weighted by atomic mass is 32.2. The summed E-state index contributed by atoms with van der Waals surface area (Å²) in [4.78, 5) is 24.7. The molecule has 0 spiro atoms. The smallest absolute Gasteiger partial charge is 0.315 e. The second kappa shape index (κ2) is 11.1. The first kappa shape index (κ1) is 23.0. The van der Waals surface area contributed by atoms with Crippen molar-refractivity contribution in [1.82, 2.24) is 20.3 Å². The van der Waals surface area contributed by atoms with Crippen LogP contribution >= 0.6 is 11.3 Å². The van der Waals surface area contributed by atoms with Crippen molar-refractivity contribution in [3.05, 3.63) is 17.0 Å². The van der Waals surface area contributed by atoms with E-state index in [-0.39, 0.29) is 37.5 Å². The van der Waals surface area contributed by atoms with Crippen molar-refractivity contribution >= 4 is 33.3 Å². The molecular weight excluding hydrogens is 424 g/mol. The van der Waals surface area contributed by atoms with Crippen molar-refractivity contribution < 1.29 is 18.0 Å². The molecule has 3 N–H and O–H groups in total. The number of carbonyl (C=O) groups is 2. The fraction of sp³-hybridized carbons (Fsp3) is 0.700. The summed E-state index contributed by atoms with van der Waals surface area (Å²) in [5.74, 6) is -0.179. The number of rotatable bonds is 8. The van der Waals surface area contributed by atoms with E-state index >= 15 is 0 Å². The number of hydrogen-bond donors (Lipinski definition) is 3. The molecule has 0 unspecified atom stereocenters. The highest BCUT2D eigenvalue weighted by Crippen LogP contribution is 2.27. The Morgan fingerprint density at radius 2 is 1.70 bits per heavy atom. The van der Waals surface area contributed by atoms with E-state index < -0.39 is 10.0 Å². The van der Waals surface area contributed by atoms with Crippen LogP contribution in [0, 0.1) is 0 Å². The number of piperidine rings is 1. The minimum atomic E-state index is -3.43. The molecule has 1 aliphatic carbocycles. The third-order valence-corrected chi connectivity index (χ3v) is 9.04. The van der Waals surface area contributed by atoms with Crippen LogP contribution in [0.2, 0.25) is 0 Å². The molecule has 3 amide bonds. The van der Waals surface area contributed by atoms with Crippen LogP contribution in [-0.4, -0.2) is 50.3 Å². The summed E-state index contributed by atoms with van der Waals surface area (Å²) < 4.78 is 27.3. The summed E-state index contributed by atoms with van der Waals surface area (Å²) in [6, 6.07) is 3.38. The van der Waals surface area contributed by atoms with Crippen molar-refractivity contribution in [2.75, 3.05) is 19.6 Å². The van der Waals surface area contributed by atoms with Gasteiger partial charge in [0.2, 0.25) is 5.91 Å². The van der Waals surface area contributed by atoms with E-state index in [2.05, 4.69) is 16.0 Å². The van der Waals surface area contributed by atoms with E-state index in [0.717, 1.165) is 49.8 Å². The Labute approximate surface area is 182 Å². The Bertz CT molecular complexity index is 813. The van der Waals surface area contributed by atoms with E-state index in [1.807, 2.05) is 0 Å². The van der Waals surface area contributed by atoms with Gasteiger partial charge in [-0.15, -0.1) is 11.3 Å². The number of nitrogens with zero attached hydrogens (tertiary/aromatic N) is 1. The van der Waals surface area contributed by atoms with Gasteiger partial charge in [-0.25, -0.2) is 13.2 Å². The Balaban J connectivity index is 1.36. The lowest BCUT2D eigenvalue weighted by Crippen LogP contribution is -2.43. The summed E-state index contributed by atoms with van der Waals surface area (Å²) in [6.07, 6.45) is 8.63. The van der Waals surface area contributed by atoms with Crippen LogP contribution in [0.15, 0.2) is 16.3 Å². The largest absolute Gasteiger partial charge is 0.351 e. The minimum Gasteiger partial charge on any atom is -0.351 e. The second-order valence-corrected chi connectivity index (χ2v) is 11.3. The van der Waals surface area contributed by atoms with E-state index in [9.17, 15) is 18.0 Å². The highest BCUT2D eigenvalue weighted by molar-refractivity contribution is 7.91. The molecule has 0 bridgehead atoms. The van der Waals surface area contributed by atoms with Crippen molar-refractivity contribution in [2.45, 2.75) is 74.6 Å². The van der Waals surface area contributed by atoms with Crippen molar-refractivity contribution in [2.24, 2.45) is 0 Å². The Morgan fingerprint density at radius 1 is 1.00 bits per heavy atom. The number of nitrogens with one attached hydrogen (secondary N) is 3. The van der Waals surface area contributed by atoms with Gasteiger partial charge in [0, 0.05) is 37.0 Å². The molecule has 0 atom stereocenters. The number of sulfonamides is 1. The quantitative estimate of drug-likeness (QED) is 0.559. The lowest BCUT2D eigenvalue weighted by Gasteiger charge is -2.25. The van der Waals surface area contributed by atoms with E-state index in [0.29, 0.717) is 17.3 Å². The molecule has 168 valence electrons. The van der Waals surface area contributed by atoms with E-state index in [1.54, 1.807) is 16.4 Å². The molecule has 2 heterocycles. The Morgan fingerprint density at radius 3 is 2.43 bits per heavy atom. The normalized spacial score (nSPS) is 18.7. The first-order valence-corrected chi connectivity index (χ1v) is 13.1. The fourth-order valence-corrected chi connectivity index (χ4v) is 6.84. The maximum atomic E-state index is 12.7. The molecule has 1 aromatic heterocycles. The molecule has 2 aliphatic rings. The van der Waals surface area contributed by atoms with Crippen molar-refractivity contribution in [3.63, 3.8) is 0 Å². The van der Waals surface area contributed by atoms with E-state index in [4.69, 9.17) is 0 Å².